The van der Waals surface area contributed by atoms with Gasteiger partial charge in [0, 0.05) is 25.2 Å². The number of nitrogens with zero attached hydrogens (tertiary/aromatic N) is 3. The second kappa shape index (κ2) is 3.45. The van der Waals surface area contributed by atoms with Gasteiger partial charge >= 0.3 is 5.97 Å². The molecule has 2 heterocycles. The fourth-order valence-corrected chi connectivity index (χ4v) is 2.25. The van der Waals surface area contributed by atoms with Crippen molar-refractivity contribution in [3.63, 3.8) is 0 Å². The number of aromatic nitrogens is 2. The van der Waals surface area contributed by atoms with E-state index in [0.717, 1.165) is 5.82 Å². The molecule has 0 aliphatic carbocycles. The summed E-state index contributed by atoms with van der Waals surface area (Å²) in [5.41, 5.74) is 0. The first-order valence-electron chi connectivity index (χ1n) is 4.09. The molecule has 6 heteroatoms. The topological polar surface area (TPSA) is 67.5 Å². The van der Waals surface area contributed by atoms with Crippen LogP contribution in [-0.4, -0.2) is 37.5 Å². The quantitative estimate of drug-likeness (QED) is 0.767. The molecule has 1 aromatic rings. The van der Waals surface area contributed by atoms with Gasteiger partial charge in [-0.15, -0.1) is 11.8 Å². The van der Waals surface area contributed by atoms with Gasteiger partial charge in [0.1, 0.15) is 5.04 Å². The number of hydrogen-bond donors (Lipinski definition) is 1. The van der Waals surface area contributed by atoms with E-state index in [9.17, 15) is 4.79 Å². The normalized spacial score (nSPS) is 20.9. The lowest BCUT2D eigenvalue weighted by molar-refractivity contribution is -0.137. The molecule has 1 unspecified atom stereocenters. The summed E-state index contributed by atoms with van der Waals surface area (Å²) in [6.45, 7) is 0. The predicted octanol–water partition coefficient (Wildman–Crippen LogP) is 0.367. The van der Waals surface area contributed by atoms with Crippen LogP contribution < -0.4 is 0 Å². The summed E-state index contributed by atoms with van der Waals surface area (Å²) in [5.74, 6) is 0.359. The van der Waals surface area contributed by atoms with E-state index in [1.165, 1.54) is 11.8 Å². The van der Waals surface area contributed by atoms with Gasteiger partial charge in [-0.2, -0.15) is 0 Å². The van der Waals surface area contributed by atoms with Crippen molar-refractivity contribution in [2.45, 2.75) is 6.04 Å². The number of aryl methyl sites for hydroxylation is 1. The number of rotatable bonds is 2. The predicted molar refractivity (Wildman–Crippen MR) is 53.6 cm³/mol. The number of carbonyl (C=O) groups is 1. The van der Waals surface area contributed by atoms with E-state index in [1.807, 2.05) is 17.8 Å². The van der Waals surface area contributed by atoms with Gasteiger partial charge in [-0.25, -0.2) is 9.78 Å². The Morgan fingerprint density at radius 2 is 2.57 bits per heavy atom. The Kier molecular flexibility index (Phi) is 2.28. The molecule has 5 nitrogen and oxygen atoms in total. The Bertz CT molecular complexity index is 399. The molecule has 14 heavy (non-hydrogen) atoms. The third-order valence-corrected chi connectivity index (χ3v) is 2.99. The number of carboxylic acid groups (broad SMARTS) is 1. The fraction of sp³-hybridized carbons (Fsp3) is 0.375. The third kappa shape index (κ3) is 1.52. The number of thioether (sulfide) groups is 1. The molecule has 0 amide bonds. The molecule has 1 aliphatic rings. The van der Waals surface area contributed by atoms with Gasteiger partial charge in [0.15, 0.2) is 11.9 Å². The lowest BCUT2D eigenvalue weighted by Gasteiger charge is -1.98. The molecule has 0 fully saturated rings. The molecule has 0 radical (unpaired) electrons. The van der Waals surface area contributed by atoms with Gasteiger partial charge in [-0.05, 0) is 0 Å². The Morgan fingerprint density at radius 1 is 1.79 bits per heavy atom. The minimum Gasteiger partial charge on any atom is -0.480 e. The summed E-state index contributed by atoms with van der Waals surface area (Å²) in [4.78, 5) is 18.9. The Balaban J connectivity index is 2.26. The van der Waals surface area contributed by atoms with Crippen LogP contribution in [0.3, 0.4) is 0 Å². The highest BCUT2D eigenvalue weighted by molar-refractivity contribution is 8.14. The van der Waals surface area contributed by atoms with Gasteiger partial charge in [0.25, 0.3) is 0 Å². The van der Waals surface area contributed by atoms with Crippen molar-refractivity contribution >= 4 is 22.8 Å². The second-order valence-electron chi connectivity index (χ2n) is 2.96. The van der Waals surface area contributed by atoms with E-state index >= 15 is 0 Å². The molecule has 0 bridgehead atoms. The van der Waals surface area contributed by atoms with Crippen molar-refractivity contribution in [3.05, 3.63) is 18.2 Å². The minimum atomic E-state index is -0.873. The van der Waals surface area contributed by atoms with Gasteiger partial charge in [-0.1, -0.05) is 0 Å². The maximum Gasteiger partial charge on any atom is 0.329 e. The van der Waals surface area contributed by atoms with Crippen molar-refractivity contribution in [1.82, 2.24) is 9.55 Å². The SMILES string of the molecule is Cn1ccnc1C1=NC(C(=O)O)CS1. The van der Waals surface area contributed by atoms with Crippen LogP contribution in [0.25, 0.3) is 0 Å². The van der Waals surface area contributed by atoms with Crippen molar-refractivity contribution in [2.75, 3.05) is 5.75 Å². The largest absolute Gasteiger partial charge is 0.480 e. The molecule has 1 aliphatic heterocycles. The van der Waals surface area contributed by atoms with Crippen LogP contribution >= 0.6 is 11.8 Å². The molecular weight excluding hydrogens is 202 g/mol. The maximum absolute atomic E-state index is 10.7. The summed E-state index contributed by atoms with van der Waals surface area (Å²) in [6.07, 6.45) is 3.49. The first kappa shape index (κ1) is 9.26. The van der Waals surface area contributed by atoms with E-state index in [-0.39, 0.29) is 0 Å². The van der Waals surface area contributed by atoms with Crippen LogP contribution in [0, 0.1) is 0 Å². The molecular formula is C8H9N3O2S. The van der Waals surface area contributed by atoms with Crippen molar-refractivity contribution in [1.29, 1.82) is 0 Å². The van der Waals surface area contributed by atoms with Crippen molar-refractivity contribution in [3.8, 4) is 0 Å². The van der Waals surface area contributed by atoms with E-state index in [2.05, 4.69) is 9.98 Å². The van der Waals surface area contributed by atoms with Crippen LogP contribution in [-0.2, 0) is 11.8 Å². The Hall–Kier alpha value is -1.30. The zero-order valence-corrected chi connectivity index (χ0v) is 8.36. The Morgan fingerprint density at radius 3 is 3.07 bits per heavy atom. The summed E-state index contributed by atoms with van der Waals surface area (Å²) < 4.78 is 1.83. The van der Waals surface area contributed by atoms with Gasteiger partial charge in [-0.3, -0.25) is 4.99 Å². The number of carboxylic acids is 1. The maximum atomic E-state index is 10.7. The first-order chi connectivity index (χ1) is 6.68. The molecule has 0 saturated heterocycles. The van der Waals surface area contributed by atoms with Crippen molar-refractivity contribution in [2.24, 2.45) is 12.0 Å². The third-order valence-electron chi connectivity index (χ3n) is 1.95. The highest BCUT2D eigenvalue weighted by atomic mass is 32.2. The van der Waals surface area contributed by atoms with E-state index < -0.39 is 12.0 Å². The van der Waals surface area contributed by atoms with Crippen molar-refractivity contribution < 1.29 is 9.90 Å². The smallest absolute Gasteiger partial charge is 0.329 e. The average Bonchev–Trinajstić information content (AvgIpc) is 2.71. The van der Waals surface area contributed by atoms with Crippen LogP contribution in [0.15, 0.2) is 17.4 Å². The molecule has 74 valence electrons. The van der Waals surface area contributed by atoms with E-state index in [0.29, 0.717) is 10.8 Å². The Labute approximate surface area is 84.9 Å². The average molecular weight is 211 g/mol. The number of hydrogen-bond acceptors (Lipinski definition) is 4. The summed E-state index contributed by atoms with van der Waals surface area (Å²) in [7, 11) is 1.86. The molecule has 0 saturated carbocycles. The fourth-order valence-electron chi connectivity index (χ4n) is 1.19. The van der Waals surface area contributed by atoms with Gasteiger partial charge in [0.2, 0.25) is 0 Å². The van der Waals surface area contributed by atoms with Crippen LogP contribution in [0.5, 0.6) is 0 Å². The number of aliphatic imine (C=N–C) groups is 1. The molecule has 1 N–H and O–H groups in total. The zero-order valence-electron chi connectivity index (χ0n) is 7.54. The standard InChI is InChI=1S/C8H9N3O2S/c1-11-3-2-9-6(11)7-10-5(4-14-7)8(12)13/h2-3,5H,4H2,1H3,(H,12,13). The van der Waals surface area contributed by atoms with Crippen LogP contribution in [0.2, 0.25) is 0 Å². The summed E-state index contributed by atoms with van der Waals surface area (Å²) in [5, 5.41) is 9.46. The number of aliphatic carboxylic acids is 1. The monoisotopic (exact) mass is 211 g/mol. The minimum absolute atomic E-state index is 0.498. The lowest BCUT2D eigenvalue weighted by atomic mass is 10.4. The van der Waals surface area contributed by atoms with Crippen LogP contribution in [0.4, 0.5) is 0 Å². The summed E-state index contributed by atoms with van der Waals surface area (Å²) in [6, 6.07) is -0.619. The van der Waals surface area contributed by atoms with Crippen LogP contribution in [0.1, 0.15) is 5.82 Å². The lowest BCUT2D eigenvalue weighted by Crippen LogP contribution is -2.17. The highest BCUT2D eigenvalue weighted by Crippen LogP contribution is 2.22. The van der Waals surface area contributed by atoms with E-state index in [1.54, 1.807) is 6.20 Å². The molecule has 2 rings (SSSR count). The number of imidazole rings is 1. The van der Waals surface area contributed by atoms with Gasteiger partial charge in [0.05, 0.1) is 0 Å². The molecule has 1 aromatic heterocycles. The summed E-state index contributed by atoms with van der Waals surface area (Å²) >= 11 is 1.44. The highest BCUT2D eigenvalue weighted by Gasteiger charge is 2.26. The molecule has 1 atom stereocenters. The second-order valence-corrected chi connectivity index (χ2v) is 3.97. The first-order valence-corrected chi connectivity index (χ1v) is 5.08. The van der Waals surface area contributed by atoms with E-state index in [4.69, 9.17) is 5.11 Å². The van der Waals surface area contributed by atoms with Gasteiger partial charge < -0.3 is 9.67 Å². The zero-order chi connectivity index (χ0) is 10.1. The molecule has 0 aromatic carbocycles. The molecule has 0 spiro atoms.